The Morgan fingerprint density at radius 3 is 2.64 bits per heavy atom. The lowest BCUT2D eigenvalue weighted by atomic mass is 9.94. The Morgan fingerprint density at radius 2 is 2.00 bits per heavy atom. The van der Waals surface area contributed by atoms with Crippen molar-refractivity contribution in [2.45, 2.75) is 19.8 Å². The summed E-state index contributed by atoms with van der Waals surface area (Å²) in [5, 5.41) is 3.72. The van der Waals surface area contributed by atoms with Gasteiger partial charge in [-0.25, -0.2) is 0 Å². The van der Waals surface area contributed by atoms with Crippen molar-refractivity contribution >= 4 is 0 Å². The van der Waals surface area contributed by atoms with E-state index in [4.69, 9.17) is 4.52 Å². The molecule has 1 heterocycles. The van der Waals surface area contributed by atoms with Crippen LogP contribution in [0.15, 0.2) is 41.2 Å². The molecule has 1 aromatic heterocycles. The molecule has 0 radical (unpaired) electrons. The second-order valence-electron chi connectivity index (χ2n) is 3.66. The molecule has 0 fully saturated rings. The molecule has 1 aromatic carbocycles. The van der Waals surface area contributed by atoms with Crippen LogP contribution in [0.5, 0.6) is 0 Å². The molecule has 0 aliphatic carbocycles. The number of aromatic nitrogens is 1. The first-order chi connectivity index (χ1) is 6.79. The van der Waals surface area contributed by atoms with Crippen LogP contribution in [0.2, 0.25) is 0 Å². The quantitative estimate of drug-likeness (QED) is 0.719. The van der Waals surface area contributed by atoms with Crippen LogP contribution in [0.25, 0.3) is 11.1 Å². The molecule has 0 N–H and O–H groups in total. The Bertz CT molecular complexity index is 404. The molecular weight excluding hydrogens is 174 g/mol. The monoisotopic (exact) mass is 187 g/mol. The van der Waals surface area contributed by atoms with E-state index in [1.165, 1.54) is 11.1 Å². The van der Waals surface area contributed by atoms with Gasteiger partial charge in [-0.05, 0) is 17.0 Å². The molecular formula is C12H13NO. The van der Waals surface area contributed by atoms with Crippen LogP contribution in [0, 0.1) is 0 Å². The molecule has 0 spiro atoms. The van der Waals surface area contributed by atoms with Gasteiger partial charge in [-0.15, -0.1) is 0 Å². The van der Waals surface area contributed by atoms with Gasteiger partial charge in [0.2, 0.25) is 0 Å². The van der Waals surface area contributed by atoms with E-state index in [9.17, 15) is 0 Å². The van der Waals surface area contributed by atoms with Crippen molar-refractivity contribution < 1.29 is 4.52 Å². The predicted molar refractivity (Wildman–Crippen MR) is 56.0 cm³/mol. The predicted octanol–water partition coefficient (Wildman–Crippen LogP) is 3.47. The van der Waals surface area contributed by atoms with Gasteiger partial charge in [-0.1, -0.05) is 43.3 Å². The third kappa shape index (κ3) is 1.55. The highest BCUT2D eigenvalue weighted by molar-refractivity contribution is 5.66. The second-order valence-corrected chi connectivity index (χ2v) is 3.66. The highest BCUT2D eigenvalue weighted by atomic mass is 16.5. The van der Waals surface area contributed by atoms with Gasteiger partial charge in [0, 0.05) is 5.56 Å². The lowest BCUT2D eigenvalue weighted by Crippen LogP contribution is -1.90. The third-order valence-electron chi connectivity index (χ3n) is 2.33. The average Bonchev–Trinajstić information content (AvgIpc) is 2.70. The highest BCUT2D eigenvalue weighted by Crippen LogP contribution is 2.28. The summed E-state index contributed by atoms with van der Waals surface area (Å²) in [5.74, 6) is 0.515. The molecule has 14 heavy (non-hydrogen) atoms. The summed E-state index contributed by atoms with van der Waals surface area (Å²) in [6.45, 7) is 4.37. The summed E-state index contributed by atoms with van der Waals surface area (Å²) in [5.41, 5.74) is 3.59. The van der Waals surface area contributed by atoms with Gasteiger partial charge < -0.3 is 4.52 Å². The van der Waals surface area contributed by atoms with Gasteiger partial charge in [0.25, 0.3) is 0 Å². The van der Waals surface area contributed by atoms with E-state index in [1.54, 1.807) is 12.5 Å². The zero-order valence-corrected chi connectivity index (χ0v) is 8.40. The molecule has 0 unspecified atom stereocenters. The lowest BCUT2D eigenvalue weighted by molar-refractivity contribution is 0.420. The van der Waals surface area contributed by atoms with Gasteiger partial charge in [0.1, 0.15) is 6.26 Å². The van der Waals surface area contributed by atoms with Crippen LogP contribution >= 0.6 is 0 Å². The minimum atomic E-state index is 0.515. The minimum Gasteiger partial charge on any atom is -0.364 e. The molecule has 0 atom stereocenters. The first-order valence-electron chi connectivity index (χ1n) is 4.77. The SMILES string of the molecule is CC(C)c1ccccc1-c1cnoc1. The van der Waals surface area contributed by atoms with Crippen LogP contribution in [-0.2, 0) is 0 Å². The topological polar surface area (TPSA) is 26.0 Å². The molecule has 2 rings (SSSR count). The van der Waals surface area contributed by atoms with E-state index in [-0.39, 0.29) is 0 Å². The van der Waals surface area contributed by atoms with E-state index >= 15 is 0 Å². The Kier molecular flexibility index (Phi) is 2.35. The fourth-order valence-corrected chi connectivity index (χ4v) is 1.60. The molecule has 0 bridgehead atoms. The van der Waals surface area contributed by atoms with Crippen molar-refractivity contribution in [3.8, 4) is 11.1 Å². The molecule has 2 heteroatoms. The average molecular weight is 187 g/mol. The summed E-state index contributed by atoms with van der Waals surface area (Å²) in [6.07, 6.45) is 3.43. The molecule has 0 saturated heterocycles. The highest BCUT2D eigenvalue weighted by Gasteiger charge is 2.08. The fraction of sp³-hybridized carbons (Fsp3) is 0.250. The Balaban J connectivity index is 2.53. The number of hydrogen-bond donors (Lipinski definition) is 0. The van der Waals surface area contributed by atoms with Crippen molar-refractivity contribution in [1.82, 2.24) is 5.16 Å². The Hall–Kier alpha value is -1.57. The van der Waals surface area contributed by atoms with Crippen LogP contribution < -0.4 is 0 Å². The van der Waals surface area contributed by atoms with Gasteiger partial charge in [-0.2, -0.15) is 0 Å². The van der Waals surface area contributed by atoms with E-state index in [1.807, 2.05) is 6.07 Å². The summed E-state index contributed by atoms with van der Waals surface area (Å²) in [6, 6.07) is 8.34. The van der Waals surface area contributed by atoms with Gasteiger partial charge in [0.15, 0.2) is 0 Å². The molecule has 0 aliphatic rings. The van der Waals surface area contributed by atoms with Crippen LogP contribution in [0.1, 0.15) is 25.3 Å². The fourth-order valence-electron chi connectivity index (χ4n) is 1.60. The van der Waals surface area contributed by atoms with E-state index in [0.29, 0.717) is 5.92 Å². The number of benzene rings is 1. The third-order valence-corrected chi connectivity index (χ3v) is 2.33. The number of hydrogen-bond acceptors (Lipinski definition) is 2. The van der Waals surface area contributed by atoms with Crippen LogP contribution in [-0.4, -0.2) is 5.16 Å². The molecule has 2 nitrogen and oxygen atoms in total. The second kappa shape index (κ2) is 3.66. The van der Waals surface area contributed by atoms with E-state index < -0.39 is 0 Å². The summed E-state index contributed by atoms with van der Waals surface area (Å²) >= 11 is 0. The van der Waals surface area contributed by atoms with Gasteiger partial charge >= 0.3 is 0 Å². The smallest absolute Gasteiger partial charge is 0.131 e. The van der Waals surface area contributed by atoms with E-state index in [2.05, 4.69) is 37.2 Å². The van der Waals surface area contributed by atoms with Crippen molar-refractivity contribution in [2.24, 2.45) is 0 Å². The molecule has 2 aromatic rings. The lowest BCUT2D eigenvalue weighted by Gasteiger charge is -2.10. The van der Waals surface area contributed by atoms with Crippen LogP contribution in [0.3, 0.4) is 0 Å². The summed E-state index contributed by atoms with van der Waals surface area (Å²) < 4.78 is 4.85. The van der Waals surface area contributed by atoms with Crippen molar-refractivity contribution in [2.75, 3.05) is 0 Å². The van der Waals surface area contributed by atoms with E-state index in [0.717, 1.165) is 5.56 Å². The first-order valence-corrected chi connectivity index (χ1v) is 4.77. The number of nitrogens with zero attached hydrogens (tertiary/aromatic N) is 1. The van der Waals surface area contributed by atoms with Crippen molar-refractivity contribution in [1.29, 1.82) is 0 Å². The maximum atomic E-state index is 4.85. The van der Waals surface area contributed by atoms with Crippen molar-refractivity contribution in [3.05, 3.63) is 42.3 Å². The summed E-state index contributed by atoms with van der Waals surface area (Å²) in [7, 11) is 0. The zero-order valence-electron chi connectivity index (χ0n) is 8.40. The van der Waals surface area contributed by atoms with Crippen molar-refractivity contribution in [3.63, 3.8) is 0 Å². The standard InChI is InChI=1S/C12H13NO/c1-9(2)11-5-3-4-6-12(11)10-7-13-14-8-10/h3-9H,1-2H3. The largest absolute Gasteiger partial charge is 0.364 e. The Morgan fingerprint density at radius 1 is 1.21 bits per heavy atom. The minimum absolute atomic E-state index is 0.515. The zero-order chi connectivity index (χ0) is 9.97. The van der Waals surface area contributed by atoms with Crippen LogP contribution in [0.4, 0.5) is 0 Å². The maximum absolute atomic E-state index is 4.85. The normalized spacial score (nSPS) is 10.8. The molecule has 72 valence electrons. The number of rotatable bonds is 2. The molecule has 0 amide bonds. The maximum Gasteiger partial charge on any atom is 0.131 e. The molecule has 0 saturated carbocycles. The van der Waals surface area contributed by atoms with Gasteiger partial charge in [0.05, 0.1) is 6.20 Å². The first kappa shape index (κ1) is 9.00. The summed E-state index contributed by atoms with van der Waals surface area (Å²) in [4.78, 5) is 0. The molecule has 0 aliphatic heterocycles. The van der Waals surface area contributed by atoms with Gasteiger partial charge in [-0.3, -0.25) is 0 Å². The Labute approximate surface area is 83.5 Å².